The van der Waals surface area contributed by atoms with Crippen LogP contribution in [0.1, 0.15) is 19.3 Å². The SMILES string of the molecule is O=C1COc2ccccc2N1CC(=O)N(CC1CCCO1)C1CCS(=O)(=O)C1. The smallest absolute Gasteiger partial charge is 0.265 e. The molecule has 0 aliphatic carbocycles. The van der Waals surface area contributed by atoms with Gasteiger partial charge in [0.15, 0.2) is 16.4 Å². The quantitative estimate of drug-likeness (QED) is 0.709. The monoisotopic (exact) mass is 408 g/mol. The third-order valence-electron chi connectivity index (χ3n) is 5.50. The van der Waals surface area contributed by atoms with Crippen LogP contribution in [0.3, 0.4) is 0 Å². The number of anilines is 1. The van der Waals surface area contributed by atoms with E-state index in [1.54, 1.807) is 23.1 Å². The molecular weight excluding hydrogens is 384 g/mol. The van der Waals surface area contributed by atoms with Gasteiger partial charge in [-0.2, -0.15) is 0 Å². The Balaban J connectivity index is 1.54. The molecule has 4 rings (SSSR count). The molecule has 1 aromatic rings. The lowest BCUT2D eigenvalue weighted by molar-refractivity contribution is -0.135. The first kappa shape index (κ1) is 19.2. The second-order valence-electron chi connectivity index (χ2n) is 7.47. The fourth-order valence-electron chi connectivity index (χ4n) is 4.04. The van der Waals surface area contributed by atoms with Gasteiger partial charge >= 0.3 is 0 Å². The minimum absolute atomic E-state index is 0.0287. The Bertz CT molecular complexity index is 865. The van der Waals surface area contributed by atoms with Crippen LogP contribution < -0.4 is 9.64 Å². The van der Waals surface area contributed by atoms with Crippen LogP contribution in [0, 0.1) is 0 Å². The average Bonchev–Trinajstić information content (AvgIpc) is 3.31. The molecule has 2 fully saturated rings. The number of rotatable bonds is 5. The highest BCUT2D eigenvalue weighted by Gasteiger charge is 2.38. The van der Waals surface area contributed by atoms with Gasteiger partial charge in [0.25, 0.3) is 5.91 Å². The maximum absolute atomic E-state index is 13.2. The third kappa shape index (κ3) is 4.00. The van der Waals surface area contributed by atoms with E-state index in [-0.39, 0.29) is 48.6 Å². The van der Waals surface area contributed by atoms with Gasteiger partial charge in [-0.05, 0) is 31.4 Å². The lowest BCUT2D eigenvalue weighted by Crippen LogP contribution is -2.51. The van der Waals surface area contributed by atoms with Gasteiger partial charge in [-0.3, -0.25) is 14.5 Å². The van der Waals surface area contributed by atoms with Crippen molar-refractivity contribution in [3.8, 4) is 5.75 Å². The molecule has 0 spiro atoms. The van der Waals surface area contributed by atoms with Crippen molar-refractivity contribution in [3.05, 3.63) is 24.3 Å². The van der Waals surface area contributed by atoms with Crippen molar-refractivity contribution < 1.29 is 27.5 Å². The molecule has 3 heterocycles. The number of amides is 2. The fraction of sp³-hybridized carbons (Fsp3) is 0.579. The van der Waals surface area contributed by atoms with Crippen molar-refractivity contribution in [3.63, 3.8) is 0 Å². The highest BCUT2D eigenvalue weighted by atomic mass is 32.2. The first-order valence-corrected chi connectivity index (χ1v) is 11.4. The van der Waals surface area contributed by atoms with Crippen LogP contribution in [0.2, 0.25) is 0 Å². The van der Waals surface area contributed by atoms with Gasteiger partial charge in [-0.1, -0.05) is 12.1 Å². The van der Waals surface area contributed by atoms with Crippen LogP contribution in [-0.4, -0.2) is 75.1 Å². The molecule has 1 aromatic carbocycles. The van der Waals surface area contributed by atoms with Crippen molar-refractivity contribution in [1.29, 1.82) is 0 Å². The Hall–Kier alpha value is -2.13. The van der Waals surface area contributed by atoms with Crippen LogP contribution in [0.4, 0.5) is 5.69 Å². The van der Waals surface area contributed by atoms with E-state index in [0.717, 1.165) is 12.8 Å². The number of fused-ring (bicyclic) bond motifs is 1. The van der Waals surface area contributed by atoms with Gasteiger partial charge in [0.1, 0.15) is 12.3 Å². The van der Waals surface area contributed by atoms with Crippen molar-refractivity contribution in [1.82, 2.24) is 4.90 Å². The summed E-state index contributed by atoms with van der Waals surface area (Å²) in [6, 6.07) is 6.72. The number of hydrogen-bond acceptors (Lipinski definition) is 6. The van der Waals surface area contributed by atoms with E-state index < -0.39 is 9.84 Å². The van der Waals surface area contributed by atoms with Crippen molar-refractivity contribution in [2.45, 2.75) is 31.4 Å². The predicted molar refractivity (Wildman–Crippen MR) is 102 cm³/mol. The molecule has 2 unspecified atom stereocenters. The summed E-state index contributed by atoms with van der Waals surface area (Å²) in [7, 11) is -3.14. The number of carbonyl (C=O) groups is 2. The molecule has 0 saturated carbocycles. The van der Waals surface area contributed by atoms with E-state index in [2.05, 4.69) is 0 Å². The maximum Gasteiger partial charge on any atom is 0.265 e. The van der Waals surface area contributed by atoms with Crippen molar-refractivity contribution >= 4 is 27.3 Å². The number of ether oxygens (including phenoxy) is 2. The summed E-state index contributed by atoms with van der Waals surface area (Å²) >= 11 is 0. The van der Waals surface area contributed by atoms with Crippen LogP contribution >= 0.6 is 0 Å². The minimum atomic E-state index is -3.14. The molecular formula is C19H24N2O6S. The summed E-state index contributed by atoms with van der Waals surface area (Å²) in [6.45, 7) is 0.764. The van der Waals surface area contributed by atoms with E-state index in [1.165, 1.54) is 4.90 Å². The molecule has 3 aliphatic heterocycles. The van der Waals surface area contributed by atoms with E-state index in [9.17, 15) is 18.0 Å². The summed E-state index contributed by atoms with van der Waals surface area (Å²) in [5, 5.41) is 0. The molecule has 8 nitrogen and oxygen atoms in total. The molecule has 0 radical (unpaired) electrons. The van der Waals surface area contributed by atoms with E-state index in [1.807, 2.05) is 6.07 Å². The Morgan fingerprint density at radius 2 is 2.07 bits per heavy atom. The summed E-state index contributed by atoms with van der Waals surface area (Å²) in [4.78, 5) is 28.6. The topological polar surface area (TPSA) is 93.2 Å². The van der Waals surface area contributed by atoms with E-state index >= 15 is 0 Å². The molecule has 3 aliphatic rings. The number of sulfone groups is 1. The molecule has 0 bridgehead atoms. The van der Waals surface area contributed by atoms with Crippen LogP contribution in [0.15, 0.2) is 24.3 Å². The van der Waals surface area contributed by atoms with E-state index in [4.69, 9.17) is 9.47 Å². The van der Waals surface area contributed by atoms with E-state index in [0.29, 0.717) is 31.0 Å². The zero-order chi connectivity index (χ0) is 19.7. The summed E-state index contributed by atoms with van der Waals surface area (Å²) in [5.41, 5.74) is 0.559. The van der Waals surface area contributed by atoms with Gasteiger partial charge in [0, 0.05) is 19.2 Å². The molecule has 152 valence electrons. The van der Waals surface area contributed by atoms with Crippen LogP contribution in [0.5, 0.6) is 5.75 Å². The number of para-hydroxylation sites is 2. The van der Waals surface area contributed by atoms with Crippen LogP contribution in [-0.2, 0) is 24.2 Å². The van der Waals surface area contributed by atoms with Crippen LogP contribution in [0.25, 0.3) is 0 Å². The molecule has 2 saturated heterocycles. The number of hydrogen-bond donors (Lipinski definition) is 0. The Morgan fingerprint density at radius 3 is 2.79 bits per heavy atom. The molecule has 9 heteroatoms. The third-order valence-corrected chi connectivity index (χ3v) is 7.25. The Kier molecular flexibility index (Phi) is 5.29. The molecule has 2 atom stereocenters. The number of nitrogens with zero attached hydrogens (tertiary/aromatic N) is 2. The fourth-order valence-corrected chi connectivity index (χ4v) is 5.77. The molecule has 28 heavy (non-hydrogen) atoms. The first-order chi connectivity index (χ1) is 13.4. The van der Waals surface area contributed by atoms with Gasteiger partial charge in [-0.15, -0.1) is 0 Å². The minimum Gasteiger partial charge on any atom is -0.482 e. The summed E-state index contributed by atoms with van der Waals surface area (Å²) in [6.07, 6.45) is 2.13. The normalized spacial score (nSPS) is 26.0. The first-order valence-electron chi connectivity index (χ1n) is 9.57. The van der Waals surface area contributed by atoms with Crippen molar-refractivity contribution in [2.75, 3.05) is 42.7 Å². The molecule has 0 N–H and O–H groups in total. The standard InChI is InChI=1S/C19H24N2O6S/c22-18(11-21-16-5-1-2-6-17(16)27-12-19(21)23)20(10-15-4-3-8-26-15)14-7-9-28(24,25)13-14/h1-2,5-6,14-15H,3-4,7-13H2. The Labute approximate surface area is 164 Å². The van der Waals surface area contributed by atoms with Gasteiger partial charge < -0.3 is 14.4 Å². The molecule has 0 aromatic heterocycles. The Morgan fingerprint density at radius 1 is 1.25 bits per heavy atom. The van der Waals surface area contributed by atoms with Gasteiger partial charge in [-0.25, -0.2) is 8.42 Å². The largest absolute Gasteiger partial charge is 0.482 e. The number of benzene rings is 1. The second kappa shape index (κ2) is 7.71. The highest BCUT2D eigenvalue weighted by Crippen LogP contribution is 2.31. The van der Waals surface area contributed by atoms with Crippen molar-refractivity contribution in [2.24, 2.45) is 0 Å². The second-order valence-corrected chi connectivity index (χ2v) is 9.70. The molecule has 2 amide bonds. The highest BCUT2D eigenvalue weighted by molar-refractivity contribution is 7.91. The van der Waals surface area contributed by atoms with Gasteiger partial charge in [0.2, 0.25) is 5.91 Å². The zero-order valence-electron chi connectivity index (χ0n) is 15.6. The lowest BCUT2D eigenvalue weighted by atomic mass is 10.1. The summed E-state index contributed by atoms with van der Waals surface area (Å²) in [5.74, 6) is 0.0700. The maximum atomic E-state index is 13.2. The predicted octanol–water partition coefficient (Wildman–Crippen LogP) is 0.607. The van der Waals surface area contributed by atoms with Gasteiger partial charge in [0.05, 0.1) is 23.3 Å². The zero-order valence-corrected chi connectivity index (χ0v) is 16.4. The summed E-state index contributed by atoms with van der Waals surface area (Å²) < 4.78 is 35.0. The average molecular weight is 408 g/mol. The number of carbonyl (C=O) groups excluding carboxylic acids is 2. The lowest BCUT2D eigenvalue weighted by Gasteiger charge is -2.34.